The fraction of sp³-hybridized carbons (Fsp3) is 0.600. The van der Waals surface area contributed by atoms with Crippen LogP contribution in [0.2, 0.25) is 0 Å². The molecule has 1 rings (SSSR count). The van der Waals surface area contributed by atoms with E-state index in [4.69, 9.17) is 0 Å². The molecular formula is C15H24. The molecule has 0 amide bonds. The highest BCUT2D eigenvalue weighted by Gasteiger charge is 2.13. The van der Waals surface area contributed by atoms with E-state index < -0.39 is 0 Å². The van der Waals surface area contributed by atoms with Crippen LogP contribution < -0.4 is 0 Å². The Hall–Kier alpha value is -0.780. The summed E-state index contributed by atoms with van der Waals surface area (Å²) >= 11 is 0. The van der Waals surface area contributed by atoms with E-state index in [9.17, 15) is 0 Å². The first kappa shape index (κ1) is 12.3. The van der Waals surface area contributed by atoms with Crippen molar-refractivity contribution in [2.75, 3.05) is 0 Å². The largest absolute Gasteiger partial charge is 0.0958 e. The van der Waals surface area contributed by atoms with Gasteiger partial charge in [-0.05, 0) is 44.4 Å². The summed E-state index contributed by atoms with van der Waals surface area (Å²) in [5, 5.41) is 0. The molecule has 0 fully saturated rings. The lowest BCUT2D eigenvalue weighted by Crippen LogP contribution is -2.06. The van der Waals surface area contributed by atoms with Gasteiger partial charge in [-0.1, -0.05) is 49.8 Å². The van der Waals surface area contributed by atoms with E-state index in [1.807, 2.05) is 0 Å². The first-order chi connectivity index (χ1) is 6.99. The topological polar surface area (TPSA) is 0 Å². The maximum atomic E-state index is 4.09. The Morgan fingerprint density at radius 2 is 2.00 bits per heavy atom. The van der Waals surface area contributed by atoms with Gasteiger partial charge in [0.25, 0.3) is 0 Å². The Labute approximate surface area is 94.8 Å². The van der Waals surface area contributed by atoms with Crippen LogP contribution in [0.15, 0.2) is 36.0 Å². The van der Waals surface area contributed by atoms with Gasteiger partial charge < -0.3 is 0 Å². The van der Waals surface area contributed by atoms with Crippen molar-refractivity contribution in [3.05, 3.63) is 36.0 Å². The van der Waals surface area contributed by atoms with Crippen molar-refractivity contribution in [3.8, 4) is 0 Å². The van der Waals surface area contributed by atoms with Gasteiger partial charge in [-0.25, -0.2) is 0 Å². The summed E-state index contributed by atoms with van der Waals surface area (Å²) in [5.74, 6) is 0. The third kappa shape index (κ3) is 5.01. The third-order valence-electron chi connectivity index (χ3n) is 3.12. The van der Waals surface area contributed by atoms with Gasteiger partial charge in [0.1, 0.15) is 0 Å². The SMILES string of the molecule is C=C1/C=C/C(C)(C)CCC/C(C)=C/CC1. The molecule has 0 unspecified atom stereocenters. The molecule has 0 aromatic heterocycles. The van der Waals surface area contributed by atoms with Crippen molar-refractivity contribution in [3.63, 3.8) is 0 Å². The van der Waals surface area contributed by atoms with Crippen LogP contribution in [0, 0.1) is 5.41 Å². The molecular weight excluding hydrogens is 180 g/mol. The molecule has 0 radical (unpaired) electrons. The summed E-state index contributed by atoms with van der Waals surface area (Å²) in [6.45, 7) is 11.0. The van der Waals surface area contributed by atoms with Crippen LogP contribution in [-0.4, -0.2) is 0 Å². The monoisotopic (exact) mass is 204 g/mol. The molecule has 0 spiro atoms. The normalized spacial score (nSPS) is 28.7. The number of allylic oxidation sites excluding steroid dienone is 5. The van der Waals surface area contributed by atoms with Crippen molar-refractivity contribution in [1.82, 2.24) is 0 Å². The predicted molar refractivity (Wildman–Crippen MR) is 68.9 cm³/mol. The zero-order valence-electron chi connectivity index (χ0n) is 10.5. The molecule has 0 N–H and O–H groups in total. The van der Waals surface area contributed by atoms with E-state index >= 15 is 0 Å². The molecule has 0 aromatic carbocycles. The lowest BCUT2D eigenvalue weighted by atomic mass is 9.86. The highest BCUT2D eigenvalue weighted by Crippen LogP contribution is 2.27. The summed E-state index contributed by atoms with van der Waals surface area (Å²) in [6, 6.07) is 0. The number of rotatable bonds is 0. The molecule has 0 saturated carbocycles. The van der Waals surface area contributed by atoms with Gasteiger partial charge in [0.05, 0.1) is 0 Å². The minimum atomic E-state index is 0.327. The molecule has 0 saturated heterocycles. The fourth-order valence-corrected chi connectivity index (χ4v) is 1.94. The second-order valence-electron chi connectivity index (χ2n) is 5.42. The molecule has 0 bridgehead atoms. The van der Waals surface area contributed by atoms with Gasteiger partial charge in [-0.3, -0.25) is 0 Å². The molecule has 0 atom stereocenters. The highest BCUT2D eigenvalue weighted by molar-refractivity contribution is 5.18. The first-order valence-electron chi connectivity index (χ1n) is 6.02. The fourth-order valence-electron chi connectivity index (χ4n) is 1.94. The van der Waals surface area contributed by atoms with Gasteiger partial charge in [-0.15, -0.1) is 0 Å². The van der Waals surface area contributed by atoms with Crippen molar-refractivity contribution in [1.29, 1.82) is 0 Å². The van der Waals surface area contributed by atoms with Crippen molar-refractivity contribution in [2.45, 2.75) is 52.9 Å². The summed E-state index contributed by atoms with van der Waals surface area (Å²) in [6.07, 6.45) is 13.0. The quantitative estimate of drug-likeness (QED) is 0.485. The molecule has 1 aliphatic carbocycles. The maximum Gasteiger partial charge on any atom is -0.0172 e. The van der Waals surface area contributed by atoms with Crippen LogP contribution in [-0.2, 0) is 0 Å². The van der Waals surface area contributed by atoms with Gasteiger partial charge >= 0.3 is 0 Å². The summed E-state index contributed by atoms with van der Waals surface area (Å²) in [4.78, 5) is 0. The predicted octanol–water partition coefficient (Wildman–Crippen LogP) is 5.04. The van der Waals surface area contributed by atoms with E-state index in [-0.39, 0.29) is 0 Å². The van der Waals surface area contributed by atoms with Gasteiger partial charge in [0.2, 0.25) is 0 Å². The Kier molecular flexibility index (Phi) is 4.38. The summed E-state index contributed by atoms with van der Waals surface area (Å²) in [7, 11) is 0. The molecule has 0 heteroatoms. The van der Waals surface area contributed by atoms with E-state index in [1.54, 1.807) is 5.57 Å². The molecule has 0 heterocycles. The Morgan fingerprint density at radius 3 is 2.73 bits per heavy atom. The minimum Gasteiger partial charge on any atom is -0.0958 e. The third-order valence-corrected chi connectivity index (χ3v) is 3.12. The van der Waals surface area contributed by atoms with Crippen LogP contribution in [0.1, 0.15) is 52.9 Å². The molecule has 84 valence electrons. The van der Waals surface area contributed by atoms with Gasteiger partial charge in [-0.2, -0.15) is 0 Å². The summed E-state index contributed by atoms with van der Waals surface area (Å²) < 4.78 is 0. The molecule has 0 aromatic rings. The van der Waals surface area contributed by atoms with Gasteiger partial charge in [0, 0.05) is 0 Å². The van der Waals surface area contributed by atoms with E-state index in [0.29, 0.717) is 5.41 Å². The Bertz CT molecular complexity index is 276. The van der Waals surface area contributed by atoms with E-state index in [1.165, 1.54) is 24.8 Å². The lowest BCUT2D eigenvalue weighted by Gasteiger charge is -2.20. The zero-order valence-corrected chi connectivity index (χ0v) is 10.5. The second kappa shape index (κ2) is 5.34. The molecule has 0 aliphatic heterocycles. The Balaban J connectivity index is 2.71. The molecule has 15 heavy (non-hydrogen) atoms. The van der Waals surface area contributed by atoms with E-state index in [2.05, 4.69) is 45.6 Å². The average Bonchev–Trinajstić information content (AvgIpc) is 2.15. The second-order valence-corrected chi connectivity index (χ2v) is 5.42. The van der Waals surface area contributed by atoms with Crippen LogP contribution >= 0.6 is 0 Å². The van der Waals surface area contributed by atoms with Crippen LogP contribution in [0.4, 0.5) is 0 Å². The number of hydrogen-bond acceptors (Lipinski definition) is 0. The van der Waals surface area contributed by atoms with Crippen molar-refractivity contribution < 1.29 is 0 Å². The summed E-state index contributed by atoms with van der Waals surface area (Å²) in [5.41, 5.74) is 3.13. The first-order valence-corrected chi connectivity index (χ1v) is 6.02. The van der Waals surface area contributed by atoms with Crippen LogP contribution in [0.5, 0.6) is 0 Å². The standard InChI is InChI=1S/C15H24/c1-13-7-5-8-14(2)10-12-15(3,4)11-6-9-13/h7,10,12H,2,5-6,8-9,11H2,1,3-4H3/b12-10+,13-7+. The molecule has 1 aliphatic rings. The minimum absolute atomic E-state index is 0.327. The van der Waals surface area contributed by atoms with Crippen molar-refractivity contribution >= 4 is 0 Å². The smallest absolute Gasteiger partial charge is 0.0172 e. The van der Waals surface area contributed by atoms with Crippen LogP contribution in [0.25, 0.3) is 0 Å². The van der Waals surface area contributed by atoms with Crippen LogP contribution in [0.3, 0.4) is 0 Å². The zero-order chi connectivity index (χ0) is 11.3. The number of hydrogen-bond donors (Lipinski definition) is 0. The Morgan fingerprint density at radius 1 is 1.27 bits per heavy atom. The van der Waals surface area contributed by atoms with E-state index in [0.717, 1.165) is 12.8 Å². The van der Waals surface area contributed by atoms with Gasteiger partial charge in [0.15, 0.2) is 0 Å². The average molecular weight is 204 g/mol. The molecule has 0 nitrogen and oxygen atoms in total. The lowest BCUT2D eigenvalue weighted by molar-refractivity contribution is 0.421. The van der Waals surface area contributed by atoms with Crippen molar-refractivity contribution in [2.24, 2.45) is 5.41 Å². The highest BCUT2D eigenvalue weighted by atomic mass is 14.2. The maximum absolute atomic E-state index is 4.09.